The van der Waals surface area contributed by atoms with Gasteiger partial charge < -0.3 is 42.4 Å². The van der Waals surface area contributed by atoms with Gasteiger partial charge in [-0.25, -0.2) is 4.68 Å². The van der Waals surface area contributed by atoms with Gasteiger partial charge in [0.2, 0.25) is 0 Å². The molecule has 24 heteroatoms. The number of aromatic nitrogens is 4. The highest BCUT2D eigenvalue weighted by atomic mass is 32.1. The molecule has 5 aromatic heterocycles. The van der Waals surface area contributed by atoms with E-state index < -0.39 is 47.6 Å². The second-order valence-corrected chi connectivity index (χ2v) is 27.8. The van der Waals surface area contributed by atoms with E-state index in [0.717, 1.165) is 81.3 Å². The van der Waals surface area contributed by atoms with Crippen LogP contribution in [0.4, 0.5) is 0 Å². The van der Waals surface area contributed by atoms with Crippen molar-refractivity contribution in [3.05, 3.63) is 123 Å². The number of fused-ring (bicyclic) bond motifs is 2. The fourth-order valence-electron chi connectivity index (χ4n) is 8.99. The van der Waals surface area contributed by atoms with Gasteiger partial charge in [-0.1, -0.05) is 18.2 Å². The highest BCUT2D eigenvalue weighted by molar-refractivity contribution is 7.72. The van der Waals surface area contributed by atoms with E-state index in [0.29, 0.717) is 29.1 Å². The predicted molar refractivity (Wildman–Crippen MR) is 290 cm³/mol. The van der Waals surface area contributed by atoms with Gasteiger partial charge in [0.05, 0.1) is 56.1 Å². The molecule has 18 nitrogen and oxygen atoms in total. The zero-order valence-corrected chi connectivity index (χ0v) is 46.4. The minimum absolute atomic E-state index is 0.0414. The summed E-state index contributed by atoms with van der Waals surface area (Å²) in [7, 11) is -18.1. The number of hydrogen-bond acceptors (Lipinski definition) is 15. The normalized spacial score (nSPS) is 15.2. The molecule has 9 rings (SSSR count). The summed E-state index contributed by atoms with van der Waals surface area (Å²) < 4.78 is 83.3. The van der Waals surface area contributed by atoms with Gasteiger partial charge in [-0.15, -0.1) is 0 Å². The van der Waals surface area contributed by atoms with Gasteiger partial charge in [-0.3, -0.25) is 33.2 Å². The summed E-state index contributed by atoms with van der Waals surface area (Å²) >= 11 is 2.98. The van der Waals surface area contributed by atoms with Crippen LogP contribution in [0, 0.1) is 0 Å². The summed E-state index contributed by atoms with van der Waals surface area (Å²) in [6.07, 6.45) is 9.74. The lowest BCUT2D eigenvalue weighted by Gasteiger charge is -2.31. The Bertz CT molecular complexity index is 3190. The molecule has 0 aliphatic carbocycles. The van der Waals surface area contributed by atoms with Gasteiger partial charge in [-0.2, -0.15) is 27.8 Å². The maximum atomic E-state index is 14.3. The Hall–Kier alpha value is -4.16. The molecule has 1 fully saturated rings. The molecular weight excluding hydrogens is 1070 g/mol. The average Bonchev–Trinajstić information content (AvgIpc) is 4.24. The summed E-state index contributed by atoms with van der Waals surface area (Å²) in [6, 6.07) is 19.5. The molecule has 2 aromatic carbocycles. The number of hydrogen-bond donors (Lipinski definition) is 4. The van der Waals surface area contributed by atoms with E-state index in [4.69, 9.17) is 27.8 Å². The first-order chi connectivity index (χ1) is 35.5. The first-order valence-electron chi connectivity index (χ1n) is 24.1. The van der Waals surface area contributed by atoms with Crippen LogP contribution in [-0.2, 0) is 60.5 Å². The van der Waals surface area contributed by atoms with Crippen molar-refractivity contribution >= 4 is 70.2 Å². The van der Waals surface area contributed by atoms with Crippen LogP contribution >= 0.6 is 53.1 Å². The topological polar surface area (TPSA) is 251 Å². The molecule has 0 saturated carbocycles. The summed E-state index contributed by atoms with van der Waals surface area (Å²) in [5, 5.41) is 9.94. The van der Waals surface area contributed by atoms with Crippen LogP contribution in [0.15, 0.2) is 106 Å². The number of rotatable bonds is 21. The monoisotopic (exact) mass is 1130 g/mol. The smallest absolute Gasteiger partial charge is 0.346 e. The largest absolute Gasteiger partial charge is 0.356 e. The van der Waals surface area contributed by atoms with E-state index in [1.165, 1.54) is 11.3 Å². The lowest BCUT2D eigenvalue weighted by Crippen LogP contribution is -2.21. The molecule has 2 aliphatic heterocycles. The van der Waals surface area contributed by atoms with Crippen molar-refractivity contribution in [3.8, 4) is 44.8 Å². The van der Waals surface area contributed by atoms with Crippen LogP contribution in [-0.4, -0.2) is 89.4 Å². The van der Waals surface area contributed by atoms with Gasteiger partial charge >= 0.3 is 30.4 Å². The van der Waals surface area contributed by atoms with Crippen LogP contribution in [0.2, 0.25) is 0 Å². The third-order valence-electron chi connectivity index (χ3n) is 12.4. The van der Waals surface area contributed by atoms with Crippen LogP contribution < -0.4 is 0 Å². The number of aliphatic imine (C=N–C) groups is 1. The standard InChI is InChI=1S/C31H41N3O7P2S.C19H18N2O6P2S/c1-5-38-42(35,39-6-2)30(43(36,40-7-3)41-8-4)19-25-18-26(20-32-31(25)24-14-16-44-22-24)23-12-13-28-27(17-23)21-33-34(28)29-11-9-10-15-37-29;22-28(23,24)18(29(25,26)27)7-15-6-17(10-21-19(15)14-3-4-30-11-14)12-1-2-13-8-20-9-16(13)5-12/h12-14,16-18,20-22,29-30H,5-11,15,19H2,1-4H3;1-6,9-11,18H,7-8H2,(H2,22,23,24)(H2,25,26,27). The summed E-state index contributed by atoms with van der Waals surface area (Å²) in [5.74, 6) is 0. The molecule has 0 radical (unpaired) electrons. The molecule has 0 spiro atoms. The molecule has 1 unspecified atom stereocenters. The molecule has 0 bridgehead atoms. The van der Waals surface area contributed by atoms with Gasteiger partial charge in [-0.05, 0) is 134 Å². The Morgan fingerprint density at radius 1 is 0.649 bits per heavy atom. The van der Waals surface area contributed by atoms with Gasteiger partial charge in [0, 0.05) is 76.5 Å². The molecule has 394 valence electrons. The molecule has 1 atom stereocenters. The van der Waals surface area contributed by atoms with E-state index >= 15 is 0 Å². The molecule has 7 heterocycles. The maximum Gasteiger partial charge on any atom is 0.346 e. The SMILES string of the molecule is CCOP(=O)(OCC)C(Cc1cc(-c2ccc3c(cnn3C3CCCCO3)c2)cnc1-c1ccsc1)P(=O)(OCC)OCC.O=P(O)(O)C(Cc1cc(-c2ccc3c(c2)C=NC3)cnc1-c1ccsc1)P(=O)(O)O. The predicted octanol–water partition coefficient (Wildman–Crippen LogP) is 12.6. The second-order valence-electron chi connectivity index (χ2n) is 17.4. The highest BCUT2D eigenvalue weighted by Crippen LogP contribution is 2.71. The maximum absolute atomic E-state index is 14.3. The molecular formula is C50H59N5O13P4S2. The Kier molecular flexibility index (Phi) is 18.5. The van der Waals surface area contributed by atoms with Crippen molar-refractivity contribution < 1.29 is 60.7 Å². The third kappa shape index (κ3) is 13.0. The van der Waals surface area contributed by atoms with E-state index in [9.17, 15) is 37.8 Å². The van der Waals surface area contributed by atoms with Crippen LogP contribution in [0.1, 0.15) is 75.4 Å². The Labute approximate surface area is 437 Å². The Morgan fingerprint density at radius 3 is 1.69 bits per heavy atom. The van der Waals surface area contributed by atoms with Crippen molar-refractivity contribution in [1.29, 1.82) is 0 Å². The number of nitrogens with zero attached hydrogens (tertiary/aromatic N) is 5. The zero-order valence-electron chi connectivity index (χ0n) is 41.2. The van der Waals surface area contributed by atoms with Crippen LogP contribution in [0.25, 0.3) is 55.7 Å². The zero-order chi connectivity index (χ0) is 52.7. The minimum Gasteiger partial charge on any atom is -0.356 e. The van der Waals surface area contributed by atoms with Gasteiger partial charge in [0.25, 0.3) is 0 Å². The van der Waals surface area contributed by atoms with E-state index in [1.54, 1.807) is 63.6 Å². The molecule has 0 amide bonds. The minimum atomic E-state index is -5.06. The fourth-order valence-corrected chi connectivity index (χ4v) is 18.0. The van der Waals surface area contributed by atoms with Crippen molar-refractivity contribution in [2.45, 2.75) is 83.4 Å². The fraction of sp³-hybridized carbons (Fsp3) is 0.360. The van der Waals surface area contributed by atoms with Crippen molar-refractivity contribution in [2.75, 3.05) is 33.0 Å². The molecule has 7 aromatic rings. The number of ether oxygens (including phenoxy) is 1. The summed E-state index contributed by atoms with van der Waals surface area (Å²) in [5.41, 5.74) is 10.3. The number of benzene rings is 2. The average molecular weight is 1130 g/mol. The first-order valence-corrected chi connectivity index (χ1v) is 32.6. The van der Waals surface area contributed by atoms with Crippen LogP contribution in [0.3, 0.4) is 0 Å². The summed E-state index contributed by atoms with van der Waals surface area (Å²) in [6.45, 7) is 8.74. The van der Waals surface area contributed by atoms with E-state index in [2.05, 4.69) is 27.2 Å². The summed E-state index contributed by atoms with van der Waals surface area (Å²) in [4.78, 5) is 51.9. The van der Waals surface area contributed by atoms with E-state index in [1.807, 2.05) is 75.0 Å². The second kappa shape index (κ2) is 24.4. The van der Waals surface area contributed by atoms with Crippen molar-refractivity contribution in [2.24, 2.45) is 4.99 Å². The number of thiophene rings is 2. The molecule has 74 heavy (non-hydrogen) atoms. The third-order valence-corrected chi connectivity index (χ3v) is 23.5. The molecule has 1 saturated heterocycles. The Balaban J connectivity index is 0.000000211. The van der Waals surface area contributed by atoms with Crippen LogP contribution in [0.5, 0.6) is 0 Å². The van der Waals surface area contributed by atoms with Gasteiger partial charge in [0.1, 0.15) is 0 Å². The number of pyridine rings is 2. The first kappa shape index (κ1) is 56.1. The lowest BCUT2D eigenvalue weighted by molar-refractivity contribution is -0.0366. The van der Waals surface area contributed by atoms with E-state index in [-0.39, 0.29) is 39.1 Å². The quantitative estimate of drug-likeness (QED) is 0.0488. The molecule has 2 aliphatic rings. The highest BCUT2D eigenvalue weighted by Gasteiger charge is 2.51. The van der Waals surface area contributed by atoms with Gasteiger partial charge in [0.15, 0.2) is 17.0 Å². The van der Waals surface area contributed by atoms with Crippen molar-refractivity contribution in [3.63, 3.8) is 0 Å². The Morgan fingerprint density at radius 2 is 1.19 bits per heavy atom. The molecule has 4 N–H and O–H groups in total. The van der Waals surface area contributed by atoms with Crippen molar-refractivity contribution in [1.82, 2.24) is 19.7 Å². The lowest BCUT2D eigenvalue weighted by atomic mass is 9.98.